The van der Waals surface area contributed by atoms with Gasteiger partial charge in [0.15, 0.2) is 18.6 Å². The van der Waals surface area contributed by atoms with Gasteiger partial charge >= 0.3 is 0 Å². The van der Waals surface area contributed by atoms with Crippen LogP contribution in [-0.4, -0.2) is 5.91 Å². The van der Waals surface area contributed by atoms with Gasteiger partial charge in [-0.1, -0.05) is 13.8 Å². The molecule has 0 radical (unpaired) electrons. The fourth-order valence-corrected chi connectivity index (χ4v) is 4.82. The minimum Gasteiger partial charge on any atom is -1.00 e. The van der Waals surface area contributed by atoms with Crippen LogP contribution in [0.3, 0.4) is 0 Å². The first-order valence-electron chi connectivity index (χ1n) is 14.0. The zero-order valence-corrected chi connectivity index (χ0v) is 28.6. The van der Waals surface area contributed by atoms with Crippen molar-refractivity contribution < 1.29 is 61.9 Å². The predicted octanol–water partition coefficient (Wildman–Crippen LogP) is 0.147. The quantitative estimate of drug-likeness (QED) is 0.0786. The number of hydrogen-bond donors (Lipinski definition) is 5. The number of nitrogens with zero attached hydrogens (tertiary/aromatic N) is 2. The van der Waals surface area contributed by atoms with Crippen LogP contribution >= 0.6 is 0 Å². The largest absolute Gasteiger partial charge is 1.00 e. The van der Waals surface area contributed by atoms with Gasteiger partial charge in [0, 0.05) is 59.7 Å². The SMILES string of the molecule is CCC[n+]1ccc(Nc2ccc(NC(=O)c3ccc(Nc4cc[n+](CCC)c5ccc(N)cc45)cc3)cc2N)cc1.[I-].[I-]. The van der Waals surface area contributed by atoms with Gasteiger partial charge in [0.05, 0.1) is 28.1 Å². The molecule has 0 fully saturated rings. The van der Waals surface area contributed by atoms with E-state index in [2.05, 4.69) is 57.3 Å². The average molecular weight is 802 g/mol. The maximum absolute atomic E-state index is 13.0. The van der Waals surface area contributed by atoms with Crippen LogP contribution in [0, 0.1) is 0 Å². The lowest BCUT2D eigenvalue weighted by atomic mass is 10.1. The van der Waals surface area contributed by atoms with Crippen LogP contribution in [0.4, 0.5) is 39.8 Å². The van der Waals surface area contributed by atoms with Crippen LogP contribution in [-0.2, 0) is 13.1 Å². The fraction of sp³-hybridized carbons (Fsp3) is 0.182. The summed E-state index contributed by atoms with van der Waals surface area (Å²) >= 11 is 0. The highest BCUT2D eigenvalue weighted by Gasteiger charge is 2.14. The Hall–Kier alpha value is -3.65. The standard InChI is InChI=1S/C33H35N7O.2HI/c1-3-16-39-18-13-26(14-19-39)37-31-11-10-27(22-29(31)35)38-33(41)23-5-8-25(9-6-23)36-30-15-20-40(17-4-2)32-12-7-24(34)21-28(30)32;;/h5-15,18-22H,3-4,16-17,34-35H2,1-2H3,(H,38,41);2*1H. The van der Waals surface area contributed by atoms with E-state index in [0.717, 1.165) is 59.6 Å². The van der Waals surface area contributed by atoms with E-state index in [1.165, 1.54) is 0 Å². The number of nitrogen functional groups attached to an aromatic ring is 2. The smallest absolute Gasteiger partial charge is 0.255 e. The van der Waals surface area contributed by atoms with Gasteiger partial charge in [-0.05, 0) is 54.6 Å². The predicted molar refractivity (Wildman–Crippen MR) is 168 cm³/mol. The molecule has 2 aromatic heterocycles. The molecule has 7 N–H and O–H groups in total. The van der Waals surface area contributed by atoms with Gasteiger partial charge in [-0.25, -0.2) is 4.57 Å². The third kappa shape index (κ3) is 8.47. The molecule has 0 saturated heterocycles. The number of nitrogens with one attached hydrogen (secondary N) is 3. The van der Waals surface area contributed by atoms with Gasteiger partial charge in [-0.15, -0.1) is 0 Å². The Bertz CT molecular complexity index is 1680. The number of rotatable bonds is 10. The van der Waals surface area contributed by atoms with Gasteiger partial charge in [-0.3, -0.25) is 4.79 Å². The molecule has 0 spiro atoms. The summed E-state index contributed by atoms with van der Waals surface area (Å²) in [4.78, 5) is 13.0. The summed E-state index contributed by atoms with van der Waals surface area (Å²) in [6.07, 6.45) is 8.29. The van der Waals surface area contributed by atoms with Gasteiger partial charge in [0.25, 0.3) is 5.91 Å². The summed E-state index contributed by atoms with van der Waals surface area (Å²) in [5.41, 5.74) is 19.5. The number of carbonyl (C=O) groups excluding carboxylic acids is 1. The third-order valence-electron chi connectivity index (χ3n) is 6.89. The third-order valence-corrected chi connectivity index (χ3v) is 6.89. The van der Waals surface area contributed by atoms with E-state index in [-0.39, 0.29) is 53.9 Å². The minimum absolute atomic E-state index is 0. The molecule has 5 aromatic rings. The Morgan fingerprint density at radius 3 is 2.02 bits per heavy atom. The maximum atomic E-state index is 13.0. The second kappa shape index (κ2) is 15.7. The van der Waals surface area contributed by atoms with E-state index in [1.54, 1.807) is 18.2 Å². The number of amides is 1. The van der Waals surface area contributed by atoms with Crippen molar-refractivity contribution in [1.29, 1.82) is 0 Å². The number of fused-ring (bicyclic) bond motifs is 1. The Morgan fingerprint density at radius 1 is 0.698 bits per heavy atom. The van der Waals surface area contributed by atoms with Crippen LogP contribution in [0.2, 0.25) is 0 Å². The number of aryl methyl sites for hydroxylation is 2. The molecule has 224 valence electrons. The number of aromatic nitrogens is 2. The van der Waals surface area contributed by atoms with Crippen molar-refractivity contribution >= 4 is 56.6 Å². The van der Waals surface area contributed by atoms with Crippen molar-refractivity contribution in [2.75, 3.05) is 27.4 Å². The summed E-state index contributed by atoms with van der Waals surface area (Å²) < 4.78 is 4.37. The molecular weight excluding hydrogens is 764 g/mol. The van der Waals surface area contributed by atoms with Crippen LogP contribution in [0.5, 0.6) is 0 Å². The number of halogens is 2. The van der Waals surface area contributed by atoms with E-state index >= 15 is 0 Å². The van der Waals surface area contributed by atoms with E-state index in [4.69, 9.17) is 11.5 Å². The average Bonchev–Trinajstić information content (AvgIpc) is 2.97. The van der Waals surface area contributed by atoms with Crippen LogP contribution < -0.4 is 84.5 Å². The second-order valence-corrected chi connectivity index (χ2v) is 10.1. The molecule has 10 heteroatoms. The molecule has 2 heterocycles. The lowest BCUT2D eigenvalue weighted by molar-refractivity contribution is -0.696. The van der Waals surface area contributed by atoms with Crippen LogP contribution in [0.15, 0.2) is 97.5 Å². The maximum Gasteiger partial charge on any atom is 0.255 e. The van der Waals surface area contributed by atoms with Gasteiger partial charge in [-0.2, -0.15) is 4.57 Å². The van der Waals surface area contributed by atoms with E-state index < -0.39 is 0 Å². The molecular formula is C33H37I2N7O. The Labute approximate surface area is 286 Å². The van der Waals surface area contributed by atoms with Crippen molar-refractivity contribution in [2.45, 2.75) is 39.8 Å². The van der Waals surface area contributed by atoms with E-state index in [9.17, 15) is 4.79 Å². The van der Waals surface area contributed by atoms with Crippen LogP contribution in [0.25, 0.3) is 10.9 Å². The molecule has 1 amide bonds. The van der Waals surface area contributed by atoms with Gasteiger partial charge in [0.1, 0.15) is 13.1 Å². The highest BCUT2D eigenvalue weighted by Crippen LogP contribution is 2.28. The number of carbonyl (C=O) groups is 1. The highest BCUT2D eigenvalue weighted by molar-refractivity contribution is 6.05. The molecule has 3 aromatic carbocycles. The number of benzene rings is 3. The topological polar surface area (TPSA) is 113 Å². The van der Waals surface area contributed by atoms with Gasteiger partial charge < -0.3 is 75.4 Å². The molecule has 0 aliphatic rings. The summed E-state index contributed by atoms with van der Waals surface area (Å²) in [6.45, 7) is 6.23. The summed E-state index contributed by atoms with van der Waals surface area (Å²) in [5, 5.41) is 10.8. The zero-order valence-electron chi connectivity index (χ0n) is 24.3. The number of nitrogens with two attached hydrogens (primary N) is 2. The van der Waals surface area contributed by atoms with E-state index in [0.29, 0.717) is 22.6 Å². The van der Waals surface area contributed by atoms with Crippen molar-refractivity contribution in [2.24, 2.45) is 0 Å². The van der Waals surface area contributed by atoms with Crippen molar-refractivity contribution in [3.8, 4) is 0 Å². The summed E-state index contributed by atoms with van der Waals surface area (Å²) in [5.74, 6) is -0.210. The van der Waals surface area contributed by atoms with E-state index in [1.807, 2.05) is 60.9 Å². The Kier molecular flexibility index (Phi) is 12.4. The Balaban J connectivity index is 0.00000253. The second-order valence-electron chi connectivity index (χ2n) is 10.1. The highest BCUT2D eigenvalue weighted by atomic mass is 127. The number of hydrogen-bond acceptors (Lipinski definition) is 5. The Morgan fingerprint density at radius 2 is 1.35 bits per heavy atom. The molecule has 8 nitrogen and oxygen atoms in total. The van der Waals surface area contributed by atoms with Crippen molar-refractivity contribution in [3.63, 3.8) is 0 Å². The fourth-order valence-electron chi connectivity index (χ4n) is 4.82. The summed E-state index contributed by atoms with van der Waals surface area (Å²) in [7, 11) is 0. The first kappa shape index (κ1) is 33.8. The zero-order chi connectivity index (χ0) is 28.8. The van der Waals surface area contributed by atoms with Crippen molar-refractivity contribution in [3.05, 3.63) is 103 Å². The number of pyridine rings is 2. The summed E-state index contributed by atoms with van der Waals surface area (Å²) in [6, 6.07) is 24.9. The molecule has 0 saturated carbocycles. The lowest BCUT2D eigenvalue weighted by Gasteiger charge is -2.12. The molecule has 43 heavy (non-hydrogen) atoms. The normalized spacial score (nSPS) is 10.4. The van der Waals surface area contributed by atoms with Crippen LogP contribution in [0.1, 0.15) is 37.0 Å². The molecule has 0 bridgehead atoms. The number of anilines is 7. The van der Waals surface area contributed by atoms with Gasteiger partial charge in [0.2, 0.25) is 5.52 Å². The first-order chi connectivity index (χ1) is 19.9. The van der Waals surface area contributed by atoms with Crippen molar-refractivity contribution in [1.82, 2.24) is 0 Å². The minimum atomic E-state index is -0.210. The monoisotopic (exact) mass is 801 g/mol. The lowest BCUT2D eigenvalue weighted by Crippen LogP contribution is -3.00. The molecule has 0 aliphatic carbocycles. The molecule has 5 rings (SSSR count). The molecule has 0 unspecified atom stereocenters. The first-order valence-corrected chi connectivity index (χ1v) is 14.0. The molecule has 0 aliphatic heterocycles. The molecule has 0 atom stereocenters.